The standard InChI is InChI=1S/C19H20N4O4S2/c1-13-7-6-9-14(11-13)17(24)20-18-21-22-19(28-18)29(25,26)23(2)12-15-8-4-5-10-16(15)27-3/h4-11H,12H2,1-3H3,(H,20,21,24). The highest BCUT2D eigenvalue weighted by Crippen LogP contribution is 2.26. The van der Waals surface area contributed by atoms with Crippen molar-refractivity contribution in [1.29, 1.82) is 0 Å². The Bertz CT molecular complexity index is 1130. The third-order valence-corrected chi connectivity index (χ3v) is 7.11. The van der Waals surface area contributed by atoms with Crippen molar-refractivity contribution in [3.8, 4) is 5.75 Å². The Labute approximate surface area is 173 Å². The van der Waals surface area contributed by atoms with Crippen molar-refractivity contribution in [2.24, 2.45) is 0 Å². The van der Waals surface area contributed by atoms with E-state index in [4.69, 9.17) is 4.74 Å². The van der Waals surface area contributed by atoms with E-state index >= 15 is 0 Å². The van der Waals surface area contributed by atoms with Crippen LogP contribution in [0.4, 0.5) is 5.13 Å². The molecule has 8 nitrogen and oxygen atoms in total. The maximum Gasteiger partial charge on any atom is 0.272 e. The lowest BCUT2D eigenvalue weighted by Gasteiger charge is -2.16. The van der Waals surface area contributed by atoms with Crippen LogP contribution in [0.3, 0.4) is 0 Å². The summed E-state index contributed by atoms with van der Waals surface area (Å²) in [4.78, 5) is 12.3. The highest BCUT2D eigenvalue weighted by atomic mass is 32.2. The van der Waals surface area contributed by atoms with Gasteiger partial charge in [-0.25, -0.2) is 8.42 Å². The molecule has 3 rings (SSSR count). The summed E-state index contributed by atoms with van der Waals surface area (Å²) < 4.78 is 31.9. The molecule has 0 saturated heterocycles. The summed E-state index contributed by atoms with van der Waals surface area (Å²) in [5, 5.41) is 10.2. The Morgan fingerprint density at radius 2 is 1.93 bits per heavy atom. The van der Waals surface area contributed by atoms with Crippen molar-refractivity contribution in [1.82, 2.24) is 14.5 Å². The van der Waals surface area contributed by atoms with Gasteiger partial charge in [0.2, 0.25) is 9.47 Å². The van der Waals surface area contributed by atoms with Crippen LogP contribution in [0.5, 0.6) is 5.75 Å². The van der Waals surface area contributed by atoms with Gasteiger partial charge in [0, 0.05) is 24.7 Å². The lowest BCUT2D eigenvalue weighted by atomic mass is 10.1. The van der Waals surface area contributed by atoms with Gasteiger partial charge in [-0.2, -0.15) is 4.31 Å². The predicted molar refractivity (Wildman–Crippen MR) is 111 cm³/mol. The van der Waals surface area contributed by atoms with Crippen molar-refractivity contribution in [3.05, 3.63) is 65.2 Å². The summed E-state index contributed by atoms with van der Waals surface area (Å²) in [6, 6.07) is 14.2. The van der Waals surface area contributed by atoms with Crippen LogP contribution < -0.4 is 10.1 Å². The van der Waals surface area contributed by atoms with Gasteiger partial charge in [-0.3, -0.25) is 10.1 Å². The number of benzene rings is 2. The van der Waals surface area contributed by atoms with E-state index < -0.39 is 10.0 Å². The Morgan fingerprint density at radius 3 is 2.66 bits per heavy atom. The molecule has 3 aromatic rings. The number of sulfonamides is 1. The third kappa shape index (κ3) is 4.78. The highest BCUT2D eigenvalue weighted by Gasteiger charge is 2.27. The number of rotatable bonds is 7. The number of nitrogens with one attached hydrogen (secondary N) is 1. The first-order valence-electron chi connectivity index (χ1n) is 8.61. The van der Waals surface area contributed by atoms with Gasteiger partial charge in [-0.05, 0) is 25.1 Å². The molecule has 0 fully saturated rings. The topological polar surface area (TPSA) is 101 Å². The number of anilines is 1. The summed E-state index contributed by atoms with van der Waals surface area (Å²) in [6.07, 6.45) is 0. The molecule has 2 aromatic carbocycles. The number of hydrogen-bond donors (Lipinski definition) is 1. The number of nitrogens with zero attached hydrogens (tertiary/aromatic N) is 3. The first-order valence-corrected chi connectivity index (χ1v) is 10.9. The Morgan fingerprint density at radius 1 is 1.17 bits per heavy atom. The summed E-state index contributed by atoms with van der Waals surface area (Å²) in [6.45, 7) is 1.99. The maximum atomic E-state index is 12.8. The number of methoxy groups -OCH3 is 1. The first-order chi connectivity index (χ1) is 13.8. The van der Waals surface area contributed by atoms with Crippen molar-refractivity contribution in [3.63, 3.8) is 0 Å². The zero-order valence-electron chi connectivity index (χ0n) is 16.1. The van der Waals surface area contributed by atoms with Gasteiger partial charge in [-0.15, -0.1) is 10.2 Å². The smallest absolute Gasteiger partial charge is 0.272 e. The fraction of sp³-hybridized carbons (Fsp3) is 0.211. The molecular formula is C19H20N4O4S2. The Balaban J connectivity index is 1.75. The summed E-state index contributed by atoms with van der Waals surface area (Å²) >= 11 is 0.801. The van der Waals surface area contributed by atoms with Crippen LogP contribution in [0.1, 0.15) is 21.5 Å². The fourth-order valence-electron chi connectivity index (χ4n) is 2.61. The van der Waals surface area contributed by atoms with E-state index in [-0.39, 0.29) is 21.9 Å². The lowest BCUT2D eigenvalue weighted by Crippen LogP contribution is -2.26. The first kappa shape index (κ1) is 20.9. The quantitative estimate of drug-likeness (QED) is 0.576. The molecule has 29 heavy (non-hydrogen) atoms. The van der Waals surface area contributed by atoms with Crippen molar-refractivity contribution >= 4 is 32.4 Å². The molecule has 0 aliphatic rings. The van der Waals surface area contributed by atoms with Crippen molar-refractivity contribution < 1.29 is 17.9 Å². The molecular weight excluding hydrogens is 412 g/mol. The number of ether oxygens (including phenoxy) is 1. The van der Waals surface area contributed by atoms with Crippen LogP contribution in [0.2, 0.25) is 0 Å². The molecule has 0 bridgehead atoms. The van der Waals surface area contributed by atoms with Gasteiger partial charge in [0.05, 0.1) is 7.11 Å². The third-order valence-electron chi connectivity index (χ3n) is 4.12. The number of carbonyl (C=O) groups excluding carboxylic acids is 1. The minimum atomic E-state index is -3.88. The van der Waals surface area contributed by atoms with Crippen LogP contribution >= 0.6 is 11.3 Å². The molecule has 0 saturated carbocycles. The average Bonchev–Trinajstić information content (AvgIpc) is 3.17. The van der Waals surface area contributed by atoms with E-state index in [0.29, 0.717) is 11.3 Å². The molecule has 0 spiro atoms. The molecule has 0 aliphatic heterocycles. The van der Waals surface area contributed by atoms with Gasteiger partial charge in [0.1, 0.15) is 5.75 Å². The second kappa shape index (κ2) is 8.68. The van der Waals surface area contributed by atoms with Crippen LogP contribution in [0.15, 0.2) is 52.9 Å². The molecule has 0 aliphatic carbocycles. The van der Waals surface area contributed by atoms with Gasteiger partial charge in [0.15, 0.2) is 0 Å². The predicted octanol–water partition coefficient (Wildman–Crippen LogP) is 2.93. The van der Waals surface area contributed by atoms with E-state index in [9.17, 15) is 13.2 Å². The van der Waals surface area contributed by atoms with Crippen molar-refractivity contribution in [2.75, 3.05) is 19.5 Å². The van der Waals surface area contributed by atoms with E-state index in [1.165, 1.54) is 14.2 Å². The molecule has 0 unspecified atom stereocenters. The minimum Gasteiger partial charge on any atom is -0.496 e. The van der Waals surface area contributed by atoms with Crippen LogP contribution in [-0.4, -0.2) is 43.0 Å². The summed E-state index contributed by atoms with van der Waals surface area (Å²) in [5.74, 6) is 0.217. The zero-order chi connectivity index (χ0) is 21.0. The monoisotopic (exact) mass is 432 g/mol. The molecule has 0 atom stereocenters. The molecule has 0 radical (unpaired) electrons. The Kier molecular flexibility index (Phi) is 6.26. The fourth-order valence-corrected chi connectivity index (χ4v) is 4.84. The summed E-state index contributed by atoms with van der Waals surface area (Å²) in [7, 11) is -0.895. The van der Waals surface area contributed by atoms with Gasteiger partial charge < -0.3 is 4.74 Å². The number of amides is 1. The lowest BCUT2D eigenvalue weighted by molar-refractivity contribution is 0.102. The van der Waals surface area contributed by atoms with Gasteiger partial charge in [0.25, 0.3) is 15.9 Å². The largest absolute Gasteiger partial charge is 0.496 e. The number of para-hydroxylation sites is 1. The SMILES string of the molecule is COc1ccccc1CN(C)S(=O)(=O)c1nnc(NC(=O)c2cccc(C)c2)s1. The zero-order valence-corrected chi connectivity index (χ0v) is 17.8. The summed E-state index contributed by atoms with van der Waals surface area (Å²) in [5.41, 5.74) is 2.12. The minimum absolute atomic E-state index is 0.108. The van der Waals surface area contributed by atoms with Gasteiger partial charge in [-0.1, -0.05) is 47.2 Å². The van der Waals surface area contributed by atoms with Gasteiger partial charge >= 0.3 is 0 Å². The number of aryl methyl sites for hydroxylation is 1. The number of carbonyl (C=O) groups is 1. The maximum absolute atomic E-state index is 12.8. The second-order valence-electron chi connectivity index (χ2n) is 6.27. The van der Waals surface area contributed by atoms with E-state index in [2.05, 4.69) is 15.5 Å². The normalized spacial score (nSPS) is 11.4. The highest BCUT2D eigenvalue weighted by molar-refractivity contribution is 7.91. The van der Waals surface area contributed by atoms with E-state index in [0.717, 1.165) is 26.8 Å². The molecule has 1 aromatic heterocycles. The molecule has 1 amide bonds. The van der Waals surface area contributed by atoms with Crippen LogP contribution in [0, 0.1) is 6.92 Å². The number of hydrogen-bond acceptors (Lipinski definition) is 7. The molecule has 152 valence electrons. The molecule has 10 heteroatoms. The average molecular weight is 433 g/mol. The van der Waals surface area contributed by atoms with Crippen LogP contribution in [-0.2, 0) is 16.6 Å². The second-order valence-corrected chi connectivity index (χ2v) is 9.47. The van der Waals surface area contributed by atoms with E-state index in [1.807, 2.05) is 25.1 Å². The Hall–Kier alpha value is -2.82. The molecule has 1 heterocycles. The molecule has 1 N–H and O–H groups in total. The van der Waals surface area contributed by atoms with Crippen molar-refractivity contribution in [2.45, 2.75) is 17.8 Å². The van der Waals surface area contributed by atoms with Crippen LogP contribution in [0.25, 0.3) is 0 Å². The van der Waals surface area contributed by atoms with E-state index in [1.54, 1.807) is 30.3 Å². The number of aromatic nitrogens is 2.